The summed E-state index contributed by atoms with van der Waals surface area (Å²) in [6.45, 7) is 1.87. The molecular weight excluding hydrogens is 296 g/mol. The lowest BCUT2D eigenvalue weighted by molar-refractivity contribution is 0.102. The van der Waals surface area contributed by atoms with Crippen molar-refractivity contribution in [3.05, 3.63) is 65.2 Å². The summed E-state index contributed by atoms with van der Waals surface area (Å²) >= 11 is 1.56. The highest BCUT2D eigenvalue weighted by atomic mass is 32.1. The number of amides is 1. The molecule has 2 N–H and O–H groups in total. The normalized spacial score (nSPS) is 10.4. The molecule has 22 heavy (non-hydrogen) atoms. The molecule has 0 saturated heterocycles. The number of hydrogen-bond acceptors (Lipinski definition) is 4. The highest BCUT2D eigenvalue weighted by Crippen LogP contribution is 2.24. The zero-order chi connectivity index (χ0) is 15.5. The van der Waals surface area contributed by atoms with Crippen LogP contribution in [0.2, 0.25) is 0 Å². The number of hydrogen-bond donors (Lipinski definition) is 2. The summed E-state index contributed by atoms with van der Waals surface area (Å²) in [7, 11) is 0. The molecule has 0 saturated carbocycles. The summed E-state index contributed by atoms with van der Waals surface area (Å²) in [5, 5.41) is 15.4. The van der Waals surface area contributed by atoms with Crippen molar-refractivity contribution in [2.75, 3.05) is 5.32 Å². The van der Waals surface area contributed by atoms with Gasteiger partial charge in [-0.25, -0.2) is 4.98 Å². The van der Waals surface area contributed by atoms with Crippen molar-refractivity contribution in [2.45, 2.75) is 6.92 Å². The van der Waals surface area contributed by atoms with Crippen LogP contribution >= 0.6 is 11.3 Å². The van der Waals surface area contributed by atoms with Gasteiger partial charge in [-0.3, -0.25) is 4.79 Å². The van der Waals surface area contributed by atoms with Gasteiger partial charge in [0.1, 0.15) is 10.8 Å². The number of benzene rings is 2. The minimum Gasteiger partial charge on any atom is -0.507 e. The number of nitrogens with zero attached hydrogens (tertiary/aromatic N) is 1. The van der Waals surface area contributed by atoms with Gasteiger partial charge in [0.2, 0.25) is 0 Å². The minimum atomic E-state index is -0.330. The molecule has 2 aromatic carbocycles. The van der Waals surface area contributed by atoms with Crippen molar-refractivity contribution in [3.8, 4) is 16.3 Å². The summed E-state index contributed by atoms with van der Waals surface area (Å²) in [4.78, 5) is 16.5. The van der Waals surface area contributed by atoms with Crippen LogP contribution in [-0.4, -0.2) is 16.0 Å². The molecule has 5 heteroatoms. The fourth-order valence-corrected chi connectivity index (χ4v) is 2.74. The lowest BCUT2D eigenvalue weighted by Crippen LogP contribution is -2.12. The summed E-state index contributed by atoms with van der Waals surface area (Å²) in [5.74, 6) is -0.356. The molecule has 1 heterocycles. The third-order valence-corrected chi connectivity index (χ3v) is 4.04. The molecule has 0 fully saturated rings. The lowest BCUT2D eigenvalue weighted by Gasteiger charge is -2.08. The summed E-state index contributed by atoms with van der Waals surface area (Å²) in [5.41, 5.74) is 2.86. The number of aromatic nitrogens is 1. The van der Waals surface area contributed by atoms with Crippen molar-refractivity contribution >= 4 is 22.9 Å². The van der Waals surface area contributed by atoms with E-state index >= 15 is 0 Å². The molecule has 3 rings (SSSR count). The average molecular weight is 310 g/mol. The zero-order valence-electron chi connectivity index (χ0n) is 11.9. The van der Waals surface area contributed by atoms with E-state index in [4.69, 9.17) is 0 Å². The average Bonchev–Trinajstić information content (AvgIpc) is 3.05. The van der Waals surface area contributed by atoms with Crippen LogP contribution in [0, 0.1) is 6.92 Å². The van der Waals surface area contributed by atoms with E-state index in [1.165, 1.54) is 6.07 Å². The molecule has 4 nitrogen and oxygen atoms in total. The van der Waals surface area contributed by atoms with Crippen LogP contribution in [0.25, 0.3) is 10.6 Å². The first-order valence-electron chi connectivity index (χ1n) is 6.74. The van der Waals surface area contributed by atoms with Crippen molar-refractivity contribution in [1.29, 1.82) is 0 Å². The van der Waals surface area contributed by atoms with E-state index in [-0.39, 0.29) is 17.2 Å². The van der Waals surface area contributed by atoms with Gasteiger partial charge in [-0.15, -0.1) is 11.3 Å². The standard InChI is InChI=1S/C17H14N2O2S/c1-11-2-7-15(20)14(10-11)16(21)19-13-5-3-12(4-6-13)17-18-8-9-22-17/h2-10,20H,1H3,(H,19,21). The first-order valence-corrected chi connectivity index (χ1v) is 7.62. The third-order valence-electron chi connectivity index (χ3n) is 3.22. The number of nitrogens with one attached hydrogen (secondary N) is 1. The molecule has 0 spiro atoms. The number of aryl methyl sites for hydroxylation is 1. The van der Waals surface area contributed by atoms with E-state index in [9.17, 15) is 9.90 Å². The van der Waals surface area contributed by atoms with Crippen LogP contribution < -0.4 is 5.32 Å². The Morgan fingerprint density at radius 2 is 1.95 bits per heavy atom. The number of anilines is 1. The van der Waals surface area contributed by atoms with E-state index in [0.29, 0.717) is 5.69 Å². The Hall–Kier alpha value is -2.66. The number of phenolic OH excluding ortho intramolecular Hbond substituents is 1. The predicted molar refractivity (Wildman–Crippen MR) is 88.3 cm³/mol. The fourth-order valence-electron chi connectivity index (χ4n) is 2.09. The molecule has 0 aliphatic heterocycles. The maximum absolute atomic E-state index is 12.2. The molecule has 0 unspecified atom stereocenters. The molecule has 110 valence electrons. The maximum Gasteiger partial charge on any atom is 0.259 e. The van der Waals surface area contributed by atoms with Crippen molar-refractivity contribution in [1.82, 2.24) is 4.98 Å². The van der Waals surface area contributed by atoms with Crippen molar-refractivity contribution in [3.63, 3.8) is 0 Å². The van der Waals surface area contributed by atoms with Gasteiger partial charge in [0.05, 0.1) is 5.56 Å². The second-order valence-electron chi connectivity index (χ2n) is 4.89. The Morgan fingerprint density at radius 3 is 2.64 bits per heavy atom. The third kappa shape index (κ3) is 2.99. The minimum absolute atomic E-state index is 0.0255. The second kappa shape index (κ2) is 5.99. The van der Waals surface area contributed by atoms with Crippen LogP contribution in [0.15, 0.2) is 54.0 Å². The molecule has 0 aliphatic rings. The van der Waals surface area contributed by atoms with Crippen LogP contribution in [0.1, 0.15) is 15.9 Å². The number of rotatable bonds is 3. The second-order valence-corrected chi connectivity index (χ2v) is 5.78. The summed E-state index contributed by atoms with van der Waals surface area (Å²) < 4.78 is 0. The highest BCUT2D eigenvalue weighted by molar-refractivity contribution is 7.13. The number of aromatic hydroxyl groups is 1. The Kier molecular flexibility index (Phi) is 3.89. The smallest absolute Gasteiger partial charge is 0.259 e. The van der Waals surface area contributed by atoms with Crippen LogP contribution in [0.4, 0.5) is 5.69 Å². The monoisotopic (exact) mass is 310 g/mol. The van der Waals surface area contributed by atoms with Crippen molar-refractivity contribution < 1.29 is 9.90 Å². The van der Waals surface area contributed by atoms with E-state index < -0.39 is 0 Å². The van der Waals surface area contributed by atoms with E-state index in [2.05, 4.69) is 10.3 Å². The SMILES string of the molecule is Cc1ccc(O)c(C(=O)Nc2ccc(-c3nccs3)cc2)c1. The van der Waals surface area contributed by atoms with Crippen LogP contribution in [0.5, 0.6) is 5.75 Å². The molecular formula is C17H14N2O2S. The predicted octanol–water partition coefficient (Wildman–Crippen LogP) is 4.08. The van der Waals surface area contributed by atoms with Gasteiger partial charge in [-0.2, -0.15) is 0 Å². The van der Waals surface area contributed by atoms with Gasteiger partial charge in [-0.1, -0.05) is 11.6 Å². The Labute approximate surface area is 132 Å². The number of carbonyl (C=O) groups is 1. The molecule has 0 atom stereocenters. The molecule has 1 aromatic heterocycles. The fraction of sp³-hybridized carbons (Fsp3) is 0.0588. The Morgan fingerprint density at radius 1 is 1.18 bits per heavy atom. The lowest BCUT2D eigenvalue weighted by atomic mass is 10.1. The van der Waals surface area contributed by atoms with Crippen LogP contribution in [-0.2, 0) is 0 Å². The zero-order valence-corrected chi connectivity index (χ0v) is 12.7. The summed E-state index contributed by atoms with van der Waals surface area (Å²) in [6.07, 6.45) is 1.76. The molecule has 0 aliphatic carbocycles. The highest BCUT2D eigenvalue weighted by Gasteiger charge is 2.11. The van der Waals surface area contributed by atoms with Gasteiger partial charge in [0, 0.05) is 22.8 Å². The molecule has 1 amide bonds. The number of thiazole rings is 1. The van der Waals surface area contributed by atoms with E-state index in [0.717, 1.165) is 16.1 Å². The van der Waals surface area contributed by atoms with Gasteiger partial charge >= 0.3 is 0 Å². The molecule has 0 bridgehead atoms. The molecule has 3 aromatic rings. The van der Waals surface area contributed by atoms with Gasteiger partial charge < -0.3 is 10.4 Å². The quantitative estimate of drug-likeness (QED) is 0.766. The number of carbonyl (C=O) groups excluding carboxylic acids is 1. The first-order chi connectivity index (χ1) is 10.6. The Bertz CT molecular complexity index is 796. The Balaban J connectivity index is 1.78. The largest absolute Gasteiger partial charge is 0.507 e. The van der Waals surface area contributed by atoms with Crippen molar-refractivity contribution in [2.24, 2.45) is 0 Å². The van der Waals surface area contributed by atoms with Gasteiger partial charge in [-0.05, 0) is 43.3 Å². The maximum atomic E-state index is 12.2. The topological polar surface area (TPSA) is 62.2 Å². The first kappa shape index (κ1) is 14.3. The molecule has 0 radical (unpaired) electrons. The summed E-state index contributed by atoms with van der Waals surface area (Å²) in [6, 6.07) is 12.4. The van der Waals surface area contributed by atoms with Gasteiger partial charge in [0.25, 0.3) is 5.91 Å². The van der Waals surface area contributed by atoms with E-state index in [1.54, 1.807) is 29.7 Å². The number of phenols is 1. The van der Waals surface area contributed by atoms with Gasteiger partial charge in [0.15, 0.2) is 0 Å². The van der Waals surface area contributed by atoms with E-state index in [1.807, 2.05) is 36.6 Å². The van der Waals surface area contributed by atoms with Crippen LogP contribution in [0.3, 0.4) is 0 Å².